The zero-order valence-electron chi connectivity index (χ0n) is 12.0. The predicted molar refractivity (Wildman–Crippen MR) is 73.4 cm³/mol. The molecule has 0 aliphatic rings. The van der Waals surface area contributed by atoms with Gasteiger partial charge in [-0.05, 0) is 12.8 Å². The number of halogens is 2. The number of rotatable bonds is 7. The average Bonchev–Trinajstić information content (AvgIpc) is 2.38. The molecule has 1 N–H and O–H groups in total. The second kappa shape index (κ2) is 7.28. The molecule has 1 rings (SSSR count). The lowest BCUT2D eigenvalue weighted by Crippen LogP contribution is -2.32. The third kappa shape index (κ3) is 3.96. The molecule has 0 fully saturated rings. The van der Waals surface area contributed by atoms with E-state index in [0.29, 0.717) is 12.0 Å². The maximum absolute atomic E-state index is 13.6. The van der Waals surface area contributed by atoms with Crippen molar-refractivity contribution in [3.63, 3.8) is 0 Å². The van der Waals surface area contributed by atoms with Crippen molar-refractivity contribution in [3.8, 4) is 0 Å². The first-order chi connectivity index (χ1) is 9.40. The van der Waals surface area contributed by atoms with Gasteiger partial charge in [0.15, 0.2) is 0 Å². The maximum Gasteiger partial charge on any atom is 0.305 e. The van der Waals surface area contributed by atoms with E-state index in [9.17, 15) is 18.9 Å². The van der Waals surface area contributed by atoms with Crippen molar-refractivity contribution in [1.29, 1.82) is 0 Å². The van der Waals surface area contributed by atoms with Crippen molar-refractivity contribution in [2.45, 2.75) is 46.2 Å². The summed E-state index contributed by atoms with van der Waals surface area (Å²) in [6.07, 6.45) is 1.99. The van der Waals surface area contributed by atoms with Crippen LogP contribution in [0.25, 0.3) is 0 Å². The summed E-state index contributed by atoms with van der Waals surface area (Å²) in [5, 5.41) is 13.8. The molecule has 0 aliphatic heterocycles. The van der Waals surface area contributed by atoms with E-state index >= 15 is 0 Å². The third-order valence-corrected chi connectivity index (χ3v) is 3.68. The third-order valence-electron chi connectivity index (χ3n) is 3.68. The minimum Gasteiger partial charge on any atom is -0.310 e. The predicted octanol–water partition coefficient (Wildman–Crippen LogP) is 3.79. The van der Waals surface area contributed by atoms with Crippen LogP contribution in [-0.4, -0.2) is 11.0 Å². The van der Waals surface area contributed by atoms with Gasteiger partial charge in [-0.1, -0.05) is 26.7 Å². The molecule has 4 nitrogen and oxygen atoms in total. The van der Waals surface area contributed by atoms with Gasteiger partial charge in [0, 0.05) is 30.3 Å². The van der Waals surface area contributed by atoms with E-state index in [1.807, 2.05) is 6.92 Å². The molecule has 112 valence electrons. The van der Waals surface area contributed by atoms with E-state index < -0.39 is 22.2 Å². The molecule has 0 saturated heterocycles. The van der Waals surface area contributed by atoms with E-state index in [4.69, 9.17) is 0 Å². The van der Waals surface area contributed by atoms with Crippen LogP contribution in [-0.2, 0) is 6.54 Å². The molecule has 0 bridgehead atoms. The first-order valence-electron chi connectivity index (χ1n) is 6.76. The summed E-state index contributed by atoms with van der Waals surface area (Å²) in [5.74, 6) is -1.46. The van der Waals surface area contributed by atoms with Crippen LogP contribution in [0.3, 0.4) is 0 Å². The summed E-state index contributed by atoms with van der Waals surface area (Å²) in [5.41, 5.74) is -0.589. The van der Waals surface area contributed by atoms with Crippen LogP contribution in [0.4, 0.5) is 14.5 Å². The van der Waals surface area contributed by atoms with E-state index in [1.54, 1.807) is 0 Å². The summed E-state index contributed by atoms with van der Waals surface area (Å²) in [6.45, 7) is 6.30. The number of hydrogen-bond acceptors (Lipinski definition) is 3. The molecule has 0 saturated carbocycles. The van der Waals surface area contributed by atoms with Crippen LogP contribution < -0.4 is 5.32 Å². The van der Waals surface area contributed by atoms with E-state index in [1.165, 1.54) is 0 Å². The number of nitrogens with zero attached hydrogens (tertiary/aromatic N) is 1. The van der Waals surface area contributed by atoms with Crippen molar-refractivity contribution in [3.05, 3.63) is 39.4 Å². The van der Waals surface area contributed by atoms with Crippen LogP contribution in [0.1, 0.15) is 39.2 Å². The Labute approximate surface area is 117 Å². The molecule has 1 aromatic rings. The van der Waals surface area contributed by atoms with Gasteiger partial charge < -0.3 is 5.32 Å². The molecular formula is C14H20F2N2O2. The number of nitrogens with one attached hydrogen (secondary N) is 1. The van der Waals surface area contributed by atoms with E-state index in [-0.39, 0.29) is 18.2 Å². The largest absolute Gasteiger partial charge is 0.310 e. The van der Waals surface area contributed by atoms with Gasteiger partial charge in [-0.3, -0.25) is 10.1 Å². The Morgan fingerprint density at radius 1 is 1.25 bits per heavy atom. The minimum absolute atomic E-state index is 0.107. The lowest BCUT2D eigenvalue weighted by Gasteiger charge is -2.22. The number of nitro benzene ring substituents is 1. The summed E-state index contributed by atoms with van der Waals surface area (Å²) in [6, 6.07) is 1.68. The fraction of sp³-hybridized carbons (Fsp3) is 0.571. The Morgan fingerprint density at radius 3 is 2.35 bits per heavy atom. The Balaban J connectivity index is 2.82. The fourth-order valence-electron chi connectivity index (χ4n) is 2.29. The number of nitro groups is 1. The standard InChI is InChI=1S/C14H20F2N2O2/c1-4-10(5-2)9(3)17-8-11-6-14(18(19)20)13(16)7-12(11)15/h6-7,9-10,17H,4-5,8H2,1-3H3. The molecular weight excluding hydrogens is 266 g/mol. The lowest BCUT2D eigenvalue weighted by molar-refractivity contribution is -0.387. The highest BCUT2D eigenvalue weighted by Gasteiger charge is 2.19. The normalized spacial score (nSPS) is 12.7. The van der Waals surface area contributed by atoms with Crippen molar-refractivity contribution in [1.82, 2.24) is 5.32 Å². The molecule has 1 atom stereocenters. The van der Waals surface area contributed by atoms with E-state index in [0.717, 1.165) is 18.9 Å². The first-order valence-corrected chi connectivity index (χ1v) is 6.76. The van der Waals surface area contributed by atoms with Crippen LogP contribution in [0.5, 0.6) is 0 Å². The lowest BCUT2D eigenvalue weighted by atomic mass is 9.95. The summed E-state index contributed by atoms with van der Waals surface area (Å²) < 4.78 is 26.8. The summed E-state index contributed by atoms with van der Waals surface area (Å²) in [7, 11) is 0. The van der Waals surface area contributed by atoms with Gasteiger partial charge in [-0.2, -0.15) is 4.39 Å². The SMILES string of the molecule is CCC(CC)C(C)NCc1cc([N+](=O)[O-])c(F)cc1F. The van der Waals surface area contributed by atoms with Crippen LogP contribution in [0, 0.1) is 27.7 Å². The molecule has 6 heteroatoms. The highest BCUT2D eigenvalue weighted by molar-refractivity contribution is 5.37. The molecule has 0 spiro atoms. The maximum atomic E-state index is 13.6. The number of hydrogen-bond donors (Lipinski definition) is 1. The Kier molecular flexibility index (Phi) is 6.01. The zero-order chi connectivity index (χ0) is 15.3. The van der Waals surface area contributed by atoms with Gasteiger partial charge in [-0.15, -0.1) is 0 Å². The average molecular weight is 286 g/mol. The molecule has 0 heterocycles. The molecule has 0 radical (unpaired) electrons. The first kappa shape index (κ1) is 16.5. The Hall–Kier alpha value is -1.56. The molecule has 1 aromatic carbocycles. The van der Waals surface area contributed by atoms with Crippen LogP contribution in [0.2, 0.25) is 0 Å². The fourth-order valence-corrected chi connectivity index (χ4v) is 2.29. The van der Waals surface area contributed by atoms with Gasteiger partial charge in [0.2, 0.25) is 5.82 Å². The monoisotopic (exact) mass is 286 g/mol. The topological polar surface area (TPSA) is 55.2 Å². The minimum atomic E-state index is -1.15. The van der Waals surface area contributed by atoms with Crippen molar-refractivity contribution in [2.24, 2.45) is 5.92 Å². The highest BCUT2D eigenvalue weighted by atomic mass is 19.1. The number of benzene rings is 1. The molecule has 20 heavy (non-hydrogen) atoms. The van der Waals surface area contributed by atoms with Crippen LogP contribution >= 0.6 is 0 Å². The molecule has 0 amide bonds. The smallest absolute Gasteiger partial charge is 0.305 e. The Morgan fingerprint density at radius 2 is 1.85 bits per heavy atom. The second-order valence-corrected chi connectivity index (χ2v) is 4.90. The summed E-state index contributed by atoms with van der Waals surface area (Å²) in [4.78, 5) is 9.80. The van der Waals surface area contributed by atoms with E-state index in [2.05, 4.69) is 19.2 Å². The molecule has 0 aromatic heterocycles. The highest BCUT2D eigenvalue weighted by Crippen LogP contribution is 2.22. The Bertz CT molecular complexity index is 476. The van der Waals surface area contributed by atoms with Crippen molar-refractivity contribution < 1.29 is 13.7 Å². The zero-order valence-corrected chi connectivity index (χ0v) is 12.0. The van der Waals surface area contributed by atoms with Gasteiger partial charge in [0.25, 0.3) is 0 Å². The van der Waals surface area contributed by atoms with Crippen LogP contribution in [0.15, 0.2) is 12.1 Å². The second-order valence-electron chi connectivity index (χ2n) is 4.90. The van der Waals surface area contributed by atoms with Gasteiger partial charge >= 0.3 is 5.69 Å². The van der Waals surface area contributed by atoms with Gasteiger partial charge in [-0.25, -0.2) is 4.39 Å². The molecule has 1 unspecified atom stereocenters. The van der Waals surface area contributed by atoms with Gasteiger partial charge in [0.1, 0.15) is 5.82 Å². The van der Waals surface area contributed by atoms with Crippen molar-refractivity contribution >= 4 is 5.69 Å². The van der Waals surface area contributed by atoms with Gasteiger partial charge in [0.05, 0.1) is 4.92 Å². The molecule has 0 aliphatic carbocycles. The summed E-state index contributed by atoms with van der Waals surface area (Å²) >= 11 is 0. The quantitative estimate of drug-likeness (QED) is 0.613. The van der Waals surface area contributed by atoms with Crippen molar-refractivity contribution in [2.75, 3.05) is 0 Å².